The number of aromatic hydroxyl groups is 1. The van der Waals surface area contributed by atoms with Crippen molar-refractivity contribution in [2.75, 3.05) is 12.4 Å². The molecule has 0 saturated heterocycles. The molecule has 3 N–H and O–H groups in total. The van der Waals surface area contributed by atoms with Gasteiger partial charge in [-0.2, -0.15) is 5.10 Å². The van der Waals surface area contributed by atoms with E-state index in [1.54, 1.807) is 30.3 Å². The number of rotatable bonds is 7. The van der Waals surface area contributed by atoms with Crippen LogP contribution >= 0.6 is 0 Å². The van der Waals surface area contributed by atoms with Crippen LogP contribution in [0.1, 0.15) is 23.6 Å². The zero-order valence-electron chi connectivity index (χ0n) is 15.9. The Balaban J connectivity index is 2.00. The van der Waals surface area contributed by atoms with Gasteiger partial charge in [0.1, 0.15) is 0 Å². The molecule has 0 aliphatic carbocycles. The summed E-state index contributed by atoms with van der Waals surface area (Å²) in [4.78, 5) is 23.8. The Labute approximate surface area is 163 Å². The van der Waals surface area contributed by atoms with Gasteiger partial charge < -0.3 is 15.2 Å². The number of benzene rings is 2. The predicted octanol–water partition coefficient (Wildman–Crippen LogP) is 2.78. The second-order valence-corrected chi connectivity index (χ2v) is 5.93. The van der Waals surface area contributed by atoms with Crippen molar-refractivity contribution >= 4 is 23.7 Å². The van der Waals surface area contributed by atoms with Crippen LogP contribution in [0.25, 0.3) is 0 Å². The molecule has 28 heavy (non-hydrogen) atoms. The van der Waals surface area contributed by atoms with Crippen molar-refractivity contribution in [1.82, 2.24) is 5.43 Å². The number of hydrogen-bond acceptors (Lipinski definition) is 5. The lowest BCUT2D eigenvalue weighted by Gasteiger charge is -2.09. The Morgan fingerprint density at radius 3 is 2.54 bits per heavy atom. The molecule has 0 bridgehead atoms. The first-order chi connectivity index (χ1) is 13.5. The molecule has 0 atom stereocenters. The van der Waals surface area contributed by atoms with Crippen molar-refractivity contribution in [2.24, 2.45) is 5.10 Å². The average Bonchev–Trinajstić information content (AvgIpc) is 2.70. The second-order valence-electron chi connectivity index (χ2n) is 5.93. The zero-order chi connectivity index (χ0) is 20.5. The first-order valence-corrected chi connectivity index (χ1v) is 8.72. The maximum absolute atomic E-state index is 11.9. The van der Waals surface area contributed by atoms with Crippen LogP contribution in [0.15, 0.2) is 54.2 Å². The van der Waals surface area contributed by atoms with Gasteiger partial charge in [-0.25, -0.2) is 5.43 Å². The molecular weight excluding hydrogens is 358 g/mol. The Hall–Kier alpha value is -3.61. The standard InChI is InChI=1S/C21H23N3O4/c1-4-6-16-11-15(12-18(28-3)19(16)25)13-22-24-21(27)20(26)23-17-9-7-14(5-2)8-10-17/h4,7-13,25H,1,5-6H2,2-3H3,(H,23,26)(H,24,27)/b22-13+. The van der Waals surface area contributed by atoms with Crippen molar-refractivity contribution in [2.45, 2.75) is 19.8 Å². The zero-order valence-corrected chi connectivity index (χ0v) is 15.9. The number of ether oxygens (including phenoxy) is 1. The van der Waals surface area contributed by atoms with Crippen LogP contribution in [0.4, 0.5) is 5.69 Å². The largest absolute Gasteiger partial charge is 0.504 e. The van der Waals surface area contributed by atoms with Crippen LogP contribution in [-0.4, -0.2) is 30.2 Å². The van der Waals surface area contributed by atoms with Crippen molar-refractivity contribution < 1.29 is 19.4 Å². The van der Waals surface area contributed by atoms with Crippen LogP contribution in [-0.2, 0) is 22.4 Å². The quantitative estimate of drug-likeness (QED) is 0.297. The molecule has 2 rings (SSSR count). The lowest BCUT2D eigenvalue weighted by atomic mass is 10.1. The van der Waals surface area contributed by atoms with Crippen LogP contribution in [0.3, 0.4) is 0 Å². The number of nitrogens with one attached hydrogen (secondary N) is 2. The lowest BCUT2D eigenvalue weighted by Crippen LogP contribution is -2.32. The molecule has 2 aromatic carbocycles. The number of phenolic OH excluding ortho intramolecular Hbond substituents is 1. The van der Waals surface area contributed by atoms with E-state index in [4.69, 9.17) is 4.74 Å². The number of methoxy groups -OCH3 is 1. The number of amides is 2. The van der Waals surface area contributed by atoms with E-state index in [1.807, 2.05) is 19.1 Å². The van der Waals surface area contributed by atoms with Crippen molar-refractivity contribution in [1.29, 1.82) is 0 Å². The van der Waals surface area contributed by atoms with Crippen molar-refractivity contribution in [3.63, 3.8) is 0 Å². The highest BCUT2D eigenvalue weighted by molar-refractivity contribution is 6.39. The summed E-state index contributed by atoms with van der Waals surface area (Å²) in [6.07, 6.45) is 4.33. The van der Waals surface area contributed by atoms with Gasteiger partial charge in [-0.1, -0.05) is 25.1 Å². The van der Waals surface area contributed by atoms with E-state index in [-0.39, 0.29) is 11.5 Å². The highest BCUT2D eigenvalue weighted by atomic mass is 16.5. The van der Waals surface area contributed by atoms with E-state index in [0.29, 0.717) is 23.2 Å². The topological polar surface area (TPSA) is 100 Å². The third kappa shape index (κ3) is 5.44. The molecule has 0 aromatic heterocycles. The van der Waals surface area contributed by atoms with E-state index in [9.17, 15) is 14.7 Å². The summed E-state index contributed by atoms with van der Waals surface area (Å²) < 4.78 is 5.12. The SMILES string of the molecule is C=CCc1cc(/C=N/NC(=O)C(=O)Nc2ccc(CC)cc2)cc(OC)c1O. The molecule has 0 aliphatic rings. The highest BCUT2D eigenvalue weighted by Crippen LogP contribution is 2.31. The van der Waals surface area contributed by atoms with E-state index in [0.717, 1.165) is 12.0 Å². The Morgan fingerprint density at radius 1 is 1.21 bits per heavy atom. The molecule has 0 heterocycles. The van der Waals surface area contributed by atoms with Crippen LogP contribution in [0.5, 0.6) is 11.5 Å². The third-order valence-electron chi connectivity index (χ3n) is 3.97. The van der Waals surface area contributed by atoms with Gasteiger partial charge in [0.05, 0.1) is 13.3 Å². The van der Waals surface area contributed by atoms with Gasteiger partial charge in [0.25, 0.3) is 0 Å². The van der Waals surface area contributed by atoms with Crippen molar-refractivity contribution in [3.05, 3.63) is 65.7 Å². The number of phenols is 1. The number of allylic oxidation sites excluding steroid dienone is 1. The molecule has 0 aliphatic heterocycles. The fraction of sp³-hybridized carbons (Fsp3) is 0.190. The van der Waals surface area contributed by atoms with Gasteiger partial charge in [-0.05, 0) is 48.2 Å². The number of anilines is 1. The Kier molecular flexibility index (Phi) is 7.33. The maximum atomic E-state index is 11.9. The average molecular weight is 381 g/mol. The molecular formula is C21H23N3O4. The molecule has 0 fully saturated rings. The minimum Gasteiger partial charge on any atom is -0.504 e. The summed E-state index contributed by atoms with van der Waals surface area (Å²) in [5, 5.41) is 16.4. The smallest absolute Gasteiger partial charge is 0.329 e. The van der Waals surface area contributed by atoms with Gasteiger partial charge in [-0.3, -0.25) is 9.59 Å². The monoisotopic (exact) mass is 381 g/mol. The molecule has 7 heteroatoms. The number of hydrazone groups is 1. The van der Waals surface area contributed by atoms with Gasteiger partial charge in [-0.15, -0.1) is 6.58 Å². The summed E-state index contributed by atoms with van der Waals surface area (Å²) in [5.74, 6) is -1.41. The van der Waals surface area contributed by atoms with E-state index >= 15 is 0 Å². The molecule has 7 nitrogen and oxygen atoms in total. The van der Waals surface area contributed by atoms with Crippen LogP contribution in [0, 0.1) is 0 Å². The van der Waals surface area contributed by atoms with Gasteiger partial charge in [0.2, 0.25) is 0 Å². The fourth-order valence-electron chi connectivity index (χ4n) is 2.46. The lowest BCUT2D eigenvalue weighted by molar-refractivity contribution is -0.136. The third-order valence-corrected chi connectivity index (χ3v) is 3.97. The van der Waals surface area contributed by atoms with Crippen LogP contribution in [0.2, 0.25) is 0 Å². The molecule has 146 valence electrons. The number of carbonyl (C=O) groups is 2. The van der Waals surface area contributed by atoms with Crippen LogP contribution < -0.4 is 15.5 Å². The first-order valence-electron chi connectivity index (χ1n) is 8.72. The number of aryl methyl sites for hydroxylation is 1. The van der Waals surface area contributed by atoms with E-state index in [2.05, 4.69) is 22.4 Å². The first kappa shape index (κ1) is 20.7. The normalized spacial score (nSPS) is 10.5. The van der Waals surface area contributed by atoms with E-state index < -0.39 is 11.8 Å². The Morgan fingerprint density at radius 2 is 1.93 bits per heavy atom. The molecule has 0 saturated carbocycles. The molecule has 0 spiro atoms. The molecule has 0 unspecified atom stereocenters. The molecule has 0 radical (unpaired) electrons. The van der Waals surface area contributed by atoms with Crippen molar-refractivity contribution in [3.8, 4) is 11.5 Å². The number of hydrogen-bond donors (Lipinski definition) is 3. The second kappa shape index (κ2) is 9.91. The number of nitrogens with zero attached hydrogens (tertiary/aromatic N) is 1. The fourth-order valence-corrected chi connectivity index (χ4v) is 2.46. The van der Waals surface area contributed by atoms with E-state index in [1.165, 1.54) is 13.3 Å². The highest BCUT2D eigenvalue weighted by Gasteiger charge is 2.13. The summed E-state index contributed by atoms with van der Waals surface area (Å²) >= 11 is 0. The summed E-state index contributed by atoms with van der Waals surface area (Å²) in [5.41, 5.74) is 5.02. The van der Waals surface area contributed by atoms with Gasteiger partial charge in [0, 0.05) is 11.3 Å². The maximum Gasteiger partial charge on any atom is 0.329 e. The van der Waals surface area contributed by atoms with Gasteiger partial charge >= 0.3 is 11.8 Å². The number of carbonyl (C=O) groups excluding carboxylic acids is 2. The summed E-state index contributed by atoms with van der Waals surface area (Å²) in [6, 6.07) is 10.5. The molecule has 2 amide bonds. The van der Waals surface area contributed by atoms with Gasteiger partial charge in [0.15, 0.2) is 11.5 Å². The predicted molar refractivity (Wildman–Crippen MR) is 109 cm³/mol. The molecule has 2 aromatic rings. The minimum atomic E-state index is -0.895. The summed E-state index contributed by atoms with van der Waals surface area (Å²) in [7, 11) is 1.44. The Bertz CT molecular complexity index is 889. The minimum absolute atomic E-state index is 0.0251. The summed E-state index contributed by atoms with van der Waals surface area (Å²) in [6.45, 7) is 5.67.